The van der Waals surface area contributed by atoms with Crippen LogP contribution < -0.4 is 19.7 Å². The zero-order valence-electron chi connectivity index (χ0n) is 18.1. The lowest BCUT2D eigenvalue weighted by molar-refractivity contribution is -0.122. The standard InChI is InChI=1S/C22H26ClN3O5S/c1-4-14(2)24-21(27)16-7-5-6-8-17(16)25-22(28)20-11-12-26(32(3,29)30)18-13-15(23)9-10-19(18)31-20/h5-10,13-14,20H,4,11-12H2,1-3H3,(H,24,27)(H,25,28)/t14-,20-/m0/s1. The van der Waals surface area contributed by atoms with E-state index in [2.05, 4.69) is 10.6 Å². The molecule has 0 bridgehead atoms. The molecular weight excluding hydrogens is 454 g/mol. The highest BCUT2D eigenvalue weighted by atomic mass is 35.5. The maximum absolute atomic E-state index is 13.0. The Bertz CT molecular complexity index is 1120. The SMILES string of the molecule is CC[C@H](C)NC(=O)c1ccccc1NC(=O)[C@@H]1CCN(S(C)(=O)=O)c2cc(Cl)ccc2O1. The molecule has 0 fully saturated rings. The molecule has 0 aliphatic carbocycles. The minimum atomic E-state index is -3.61. The van der Waals surface area contributed by atoms with E-state index in [1.165, 1.54) is 16.4 Å². The lowest BCUT2D eigenvalue weighted by atomic mass is 10.1. The number of carbonyl (C=O) groups excluding carboxylic acids is 2. The summed E-state index contributed by atoms with van der Waals surface area (Å²) in [4.78, 5) is 25.7. The molecule has 1 heterocycles. The number of halogens is 1. The van der Waals surface area contributed by atoms with Crippen LogP contribution in [0.25, 0.3) is 0 Å². The fraction of sp³-hybridized carbons (Fsp3) is 0.364. The van der Waals surface area contributed by atoms with Crippen LogP contribution in [0.5, 0.6) is 5.75 Å². The Labute approximate surface area is 192 Å². The molecule has 3 rings (SSSR count). The van der Waals surface area contributed by atoms with Crippen LogP contribution in [0.4, 0.5) is 11.4 Å². The Hall–Kier alpha value is -2.78. The Morgan fingerprint density at radius 2 is 1.97 bits per heavy atom. The van der Waals surface area contributed by atoms with Crippen molar-refractivity contribution in [2.45, 2.75) is 38.8 Å². The predicted octanol–water partition coefficient (Wildman–Crippen LogP) is 3.42. The lowest BCUT2D eigenvalue weighted by Crippen LogP contribution is -2.37. The van der Waals surface area contributed by atoms with E-state index in [1.807, 2.05) is 13.8 Å². The summed E-state index contributed by atoms with van der Waals surface area (Å²) in [6, 6.07) is 11.3. The number of nitrogens with zero attached hydrogens (tertiary/aromatic N) is 1. The van der Waals surface area contributed by atoms with Gasteiger partial charge < -0.3 is 15.4 Å². The number of para-hydroxylation sites is 1. The van der Waals surface area contributed by atoms with Gasteiger partial charge in [-0.05, 0) is 43.7 Å². The molecule has 0 aromatic heterocycles. The van der Waals surface area contributed by atoms with Crippen LogP contribution >= 0.6 is 11.6 Å². The smallest absolute Gasteiger partial charge is 0.265 e. The number of anilines is 2. The van der Waals surface area contributed by atoms with Gasteiger partial charge in [-0.3, -0.25) is 13.9 Å². The van der Waals surface area contributed by atoms with Crippen LogP contribution in [0, 0.1) is 0 Å². The van der Waals surface area contributed by atoms with E-state index in [-0.39, 0.29) is 36.4 Å². The molecule has 10 heteroatoms. The number of sulfonamides is 1. The highest BCUT2D eigenvalue weighted by molar-refractivity contribution is 7.92. The first-order chi connectivity index (χ1) is 15.1. The second-order valence-corrected chi connectivity index (χ2v) is 10.0. The highest BCUT2D eigenvalue weighted by Crippen LogP contribution is 2.36. The predicted molar refractivity (Wildman–Crippen MR) is 125 cm³/mol. The first-order valence-electron chi connectivity index (χ1n) is 10.2. The Balaban J connectivity index is 1.84. The van der Waals surface area contributed by atoms with Gasteiger partial charge >= 0.3 is 0 Å². The van der Waals surface area contributed by atoms with Crippen molar-refractivity contribution in [1.29, 1.82) is 0 Å². The Kier molecular flexibility index (Phi) is 7.30. The van der Waals surface area contributed by atoms with E-state index in [9.17, 15) is 18.0 Å². The number of fused-ring (bicyclic) bond motifs is 1. The molecule has 0 radical (unpaired) electrons. The number of amides is 2. The summed E-state index contributed by atoms with van der Waals surface area (Å²) in [5.74, 6) is -0.536. The van der Waals surface area contributed by atoms with E-state index in [1.54, 1.807) is 30.3 Å². The van der Waals surface area contributed by atoms with E-state index < -0.39 is 22.0 Å². The Morgan fingerprint density at radius 1 is 1.25 bits per heavy atom. The summed E-state index contributed by atoms with van der Waals surface area (Å²) in [5.41, 5.74) is 0.964. The van der Waals surface area contributed by atoms with Crippen molar-refractivity contribution in [2.75, 3.05) is 22.4 Å². The monoisotopic (exact) mass is 479 g/mol. The molecular formula is C22H26ClN3O5S. The number of ether oxygens (including phenoxy) is 1. The van der Waals surface area contributed by atoms with E-state index in [0.29, 0.717) is 16.3 Å². The molecule has 1 aliphatic rings. The van der Waals surface area contributed by atoms with Crippen LogP contribution in [-0.2, 0) is 14.8 Å². The van der Waals surface area contributed by atoms with E-state index in [0.717, 1.165) is 12.7 Å². The van der Waals surface area contributed by atoms with Crippen LogP contribution in [-0.4, -0.2) is 45.2 Å². The quantitative estimate of drug-likeness (QED) is 0.660. The van der Waals surface area contributed by atoms with Crippen LogP contribution in [0.15, 0.2) is 42.5 Å². The summed E-state index contributed by atoms with van der Waals surface area (Å²) >= 11 is 6.05. The average Bonchev–Trinajstić information content (AvgIpc) is 2.93. The van der Waals surface area contributed by atoms with Gasteiger partial charge in [-0.1, -0.05) is 30.7 Å². The molecule has 0 unspecified atom stereocenters. The molecule has 2 aromatic carbocycles. The highest BCUT2D eigenvalue weighted by Gasteiger charge is 2.32. The molecule has 8 nitrogen and oxygen atoms in total. The van der Waals surface area contributed by atoms with Gasteiger partial charge in [0.1, 0.15) is 5.75 Å². The van der Waals surface area contributed by atoms with Crippen molar-refractivity contribution < 1.29 is 22.7 Å². The number of benzene rings is 2. The maximum Gasteiger partial charge on any atom is 0.265 e. The third-order valence-corrected chi connectivity index (χ3v) is 6.58. The first-order valence-corrected chi connectivity index (χ1v) is 12.5. The minimum Gasteiger partial charge on any atom is -0.478 e. The van der Waals surface area contributed by atoms with Crippen molar-refractivity contribution in [3.63, 3.8) is 0 Å². The van der Waals surface area contributed by atoms with Gasteiger partial charge in [-0.25, -0.2) is 8.42 Å². The fourth-order valence-corrected chi connectivity index (χ4v) is 4.39. The third-order valence-electron chi connectivity index (χ3n) is 5.17. The largest absolute Gasteiger partial charge is 0.478 e. The number of hydrogen-bond acceptors (Lipinski definition) is 5. The molecule has 2 N–H and O–H groups in total. The average molecular weight is 480 g/mol. The minimum absolute atomic E-state index is 0.0123. The molecule has 2 amide bonds. The second-order valence-electron chi connectivity index (χ2n) is 7.66. The van der Waals surface area contributed by atoms with Crippen LogP contribution in [0.1, 0.15) is 37.0 Å². The molecule has 2 atom stereocenters. The van der Waals surface area contributed by atoms with Gasteiger partial charge in [-0.15, -0.1) is 0 Å². The molecule has 2 aromatic rings. The van der Waals surface area contributed by atoms with Gasteiger partial charge in [0, 0.05) is 24.0 Å². The molecule has 172 valence electrons. The van der Waals surface area contributed by atoms with Crippen LogP contribution in [0.3, 0.4) is 0 Å². The lowest BCUT2D eigenvalue weighted by Gasteiger charge is -2.21. The number of carbonyl (C=O) groups is 2. The van der Waals surface area contributed by atoms with E-state index >= 15 is 0 Å². The van der Waals surface area contributed by atoms with Crippen molar-refractivity contribution in [3.05, 3.63) is 53.1 Å². The van der Waals surface area contributed by atoms with Gasteiger partial charge in [0.15, 0.2) is 6.10 Å². The maximum atomic E-state index is 13.0. The van der Waals surface area contributed by atoms with Crippen molar-refractivity contribution in [2.24, 2.45) is 0 Å². The Morgan fingerprint density at radius 3 is 2.66 bits per heavy atom. The van der Waals surface area contributed by atoms with Crippen molar-refractivity contribution in [1.82, 2.24) is 5.32 Å². The molecule has 0 spiro atoms. The van der Waals surface area contributed by atoms with Crippen LogP contribution in [0.2, 0.25) is 5.02 Å². The van der Waals surface area contributed by atoms with Gasteiger partial charge in [0.2, 0.25) is 10.0 Å². The molecule has 0 saturated heterocycles. The number of hydrogen-bond donors (Lipinski definition) is 2. The van der Waals surface area contributed by atoms with Crippen molar-refractivity contribution >= 4 is 44.8 Å². The molecule has 32 heavy (non-hydrogen) atoms. The summed E-state index contributed by atoms with van der Waals surface area (Å²) in [5, 5.41) is 5.99. The third kappa shape index (κ3) is 5.52. The fourth-order valence-electron chi connectivity index (χ4n) is 3.29. The number of nitrogens with one attached hydrogen (secondary N) is 2. The zero-order chi connectivity index (χ0) is 23.5. The zero-order valence-corrected chi connectivity index (χ0v) is 19.7. The van der Waals surface area contributed by atoms with Crippen molar-refractivity contribution in [3.8, 4) is 5.75 Å². The van der Waals surface area contributed by atoms with Gasteiger partial charge in [0.25, 0.3) is 11.8 Å². The second kappa shape index (κ2) is 9.79. The topological polar surface area (TPSA) is 105 Å². The summed E-state index contributed by atoms with van der Waals surface area (Å²) in [6.07, 6.45) is 1.01. The summed E-state index contributed by atoms with van der Waals surface area (Å²) in [7, 11) is -3.61. The summed E-state index contributed by atoms with van der Waals surface area (Å²) < 4.78 is 31.6. The van der Waals surface area contributed by atoms with Gasteiger partial charge in [0.05, 0.1) is 23.2 Å². The summed E-state index contributed by atoms with van der Waals surface area (Å²) in [6.45, 7) is 3.91. The first kappa shape index (κ1) is 23.9. The molecule has 0 saturated carbocycles. The van der Waals surface area contributed by atoms with Gasteiger partial charge in [-0.2, -0.15) is 0 Å². The van der Waals surface area contributed by atoms with E-state index in [4.69, 9.17) is 16.3 Å². The molecule has 1 aliphatic heterocycles. The number of rotatable bonds is 6. The normalized spacial score (nSPS) is 16.9.